The van der Waals surface area contributed by atoms with Crippen LogP contribution in [0.4, 0.5) is 11.4 Å². The normalized spacial score (nSPS) is 10.2. The van der Waals surface area contributed by atoms with Gasteiger partial charge in [0.15, 0.2) is 0 Å². The molecule has 11 heteroatoms. The zero-order valence-electron chi connectivity index (χ0n) is 17.5. The van der Waals surface area contributed by atoms with E-state index in [0.29, 0.717) is 22.8 Å². The van der Waals surface area contributed by atoms with Crippen LogP contribution in [0.1, 0.15) is 42.5 Å². The van der Waals surface area contributed by atoms with Crippen molar-refractivity contribution in [3.8, 4) is 5.75 Å². The summed E-state index contributed by atoms with van der Waals surface area (Å²) in [5.41, 5.74) is 1.57. The van der Waals surface area contributed by atoms with Crippen molar-refractivity contribution in [1.82, 2.24) is 4.98 Å². The number of ether oxygens (including phenoxy) is 1. The third-order valence-electron chi connectivity index (χ3n) is 4.58. The maximum Gasteiger partial charge on any atom is 0.335 e. The second kappa shape index (κ2) is 10.6. The van der Waals surface area contributed by atoms with Crippen molar-refractivity contribution in [3.63, 3.8) is 0 Å². The summed E-state index contributed by atoms with van der Waals surface area (Å²) < 4.78 is 4.75. The third-order valence-corrected chi connectivity index (χ3v) is 4.58. The summed E-state index contributed by atoms with van der Waals surface area (Å²) in [7, 11) is 0. The van der Waals surface area contributed by atoms with Crippen LogP contribution in [0.5, 0.6) is 5.75 Å². The number of rotatable bonds is 11. The Hall–Kier alpha value is -4.93. The highest BCUT2D eigenvalue weighted by Gasteiger charge is 2.12. The quantitative estimate of drug-likeness (QED) is 0.263. The van der Waals surface area contributed by atoms with Gasteiger partial charge in [-0.2, -0.15) is 0 Å². The molecule has 0 unspecified atom stereocenters. The standard InChI is InChI=1S/C23H19N3O8/c27-12-34-20-8-15(23(32)33)7-19(9-20)25-11-17-3-1-2-16(26-17)10-24-18-5-13(21(28)29)4-14(6-18)22(30)31/h1-9,12,24-25H,10-11H2,(H,28,29)(H,30,31)(H,32,33). The fourth-order valence-electron chi connectivity index (χ4n) is 3.04. The average Bonchev–Trinajstić information content (AvgIpc) is 2.81. The number of aromatic carboxylic acids is 3. The Balaban J connectivity index is 1.70. The van der Waals surface area contributed by atoms with Crippen LogP contribution in [0.3, 0.4) is 0 Å². The van der Waals surface area contributed by atoms with Gasteiger partial charge in [0.05, 0.1) is 41.2 Å². The molecule has 1 aromatic heterocycles. The van der Waals surface area contributed by atoms with Gasteiger partial charge in [0.1, 0.15) is 5.75 Å². The van der Waals surface area contributed by atoms with E-state index in [1.54, 1.807) is 18.2 Å². The highest BCUT2D eigenvalue weighted by molar-refractivity contribution is 5.95. The Morgan fingerprint density at radius 1 is 0.765 bits per heavy atom. The molecule has 2 aromatic carbocycles. The molecule has 11 nitrogen and oxygen atoms in total. The topological polar surface area (TPSA) is 175 Å². The first-order valence-electron chi connectivity index (χ1n) is 9.78. The number of carbonyl (C=O) groups excluding carboxylic acids is 1. The SMILES string of the molecule is O=COc1cc(NCc2cccc(CNc3cc(C(=O)O)cc(C(=O)O)c3)n2)cc(C(=O)O)c1. The highest BCUT2D eigenvalue weighted by atomic mass is 16.5. The first kappa shape index (κ1) is 23.7. The molecule has 0 aliphatic rings. The van der Waals surface area contributed by atoms with Crippen LogP contribution in [0.25, 0.3) is 0 Å². The minimum absolute atomic E-state index is 0.0583. The van der Waals surface area contributed by atoms with Crippen LogP contribution in [0.2, 0.25) is 0 Å². The lowest BCUT2D eigenvalue weighted by atomic mass is 10.1. The molecule has 0 saturated heterocycles. The van der Waals surface area contributed by atoms with Crippen molar-refractivity contribution in [2.24, 2.45) is 0 Å². The number of carboxylic acids is 3. The van der Waals surface area contributed by atoms with Gasteiger partial charge in [-0.15, -0.1) is 0 Å². The Labute approximate surface area is 192 Å². The van der Waals surface area contributed by atoms with E-state index in [1.165, 1.54) is 30.3 Å². The zero-order chi connectivity index (χ0) is 24.7. The van der Waals surface area contributed by atoms with Gasteiger partial charge in [0.25, 0.3) is 6.47 Å². The maximum absolute atomic E-state index is 11.3. The van der Waals surface area contributed by atoms with Gasteiger partial charge in [0.2, 0.25) is 0 Å². The molecule has 5 N–H and O–H groups in total. The summed E-state index contributed by atoms with van der Waals surface area (Å²) in [6.07, 6.45) is 0. The molecular weight excluding hydrogens is 446 g/mol. The van der Waals surface area contributed by atoms with Crippen LogP contribution in [0, 0.1) is 0 Å². The van der Waals surface area contributed by atoms with Crippen LogP contribution < -0.4 is 15.4 Å². The first-order valence-corrected chi connectivity index (χ1v) is 9.78. The molecule has 3 aromatic rings. The Morgan fingerprint density at radius 2 is 1.24 bits per heavy atom. The molecule has 34 heavy (non-hydrogen) atoms. The van der Waals surface area contributed by atoms with Crippen LogP contribution >= 0.6 is 0 Å². The minimum atomic E-state index is -1.24. The molecule has 0 atom stereocenters. The molecule has 1 heterocycles. The van der Waals surface area contributed by atoms with Gasteiger partial charge in [-0.1, -0.05) is 6.07 Å². The lowest BCUT2D eigenvalue weighted by Gasteiger charge is -2.11. The number of benzene rings is 2. The van der Waals surface area contributed by atoms with E-state index in [2.05, 4.69) is 15.6 Å². The molecule has 0 saturated carbocycles. The Bertz CT molecular complexity index is 1230. The molecule has 0 aliphatic heterocycles. The molecule has 3 rings (SSSR count). The largest absolute Gasteiger partial charge is 0.478 e. The summed E-state index contributed by atoms with van der Waals surface area (Å²) in [4.78, 5) is 48.8. The van der Waals surface area contributed by atoms with Gasteiger partial charge in [0, 0.05) is 17.4 Å². The van der Waals surface area contributed by atoms with Gasteiger partial charge in [-0.05, 0) is 42.5 Å². The van der Waals surface area contributed by atoms with E-state index >= 15 is 0 Å². The van der Waals surface area contributed by atoms with Gasteiger partial charge in [-0.25, -0.2) is 14.4 Å². The summed E-state index contributed by atoms with van der Waals surface area (Å²) >= 11 is 0. The number of hydrogen-bond donors (Lipinski definition) is 5. The van der Waals surface area contributed by atoms with Gasteiger partial charge < -0.3 is 30.7 Å². The smallest absolute Gasteiger partial charge is 0.335 e. The predicted octanol–water partition coefficient (Wildman–Crippen LogP) is 2.94. The molecule has 0 amide bonds. The summed E-state index contributed by atoms with van der Waals surface area (Å²) in [6, 6.07) is 13.1. The van der Waals surface area contributed by atoms with E-state index in [-0.39, 0.29) is 42.0 Å². The molecule has 174 valence electrons. The average molecular weight is 465 g/mol. The van der Waals surface area contributed by atoms with E-state index in [0.717, 1.165) is 6.07 Å². The highest BCUT2D eigenvalue weighted by Crippen LogP contribution is 2.22. The first-order chi connectivity index (χ1) is 16.2. The van der Waals surface area contributed by atoms with Crippen molar-refractivity contribution >= 4 is 35.8 Å². The molecule has 0 bridgehead atoms. The van der Waals surface area contributed by atoms with Gasteiger partial charge in [-0.3, -0.25) is 9.78 Å². The van der Waals surface area contributed by atoms with Crippen molar-refractivity contribution < 1.29 is 39.2 Å². The lowest BCUT2D eigenvalue weighted by Crippen LogP contribution is -2.09. The maximum atomic E-state index is 11.3. The molecule has 0 radical (unpaired) electrons. The van der Waals surface area contributed by atoms with Gasteiger partial charge >= 0.3 is 17.9 Å². The predicted molar refractivity (Wildman–Crippen MR) is 119 cm³/mol. The minimum Gasteiger partial charge on any atom is -0.478 e. The van der Waals surface area contributed by atoms with Crippen LogP contribution in [-0.4, -0.2) is 44.7 Å². The zero-order valence-corrected chi connectivity index (χ0v) is 17.5. The van der Waals surface area contributed by atoms with E-state index < -0.39 is 17.9 Å². The molecule has 0 aliphatic carbocycles. The van der Waals surface area contributed by atoms with Crippen LogP contribution in [-0.2, 0) is 17.9 Å². The summed E-state index contributed by atoms with van der Waals surface area (Å²) in [5.74, 6) is -3.59. The lowest BCUT2D eigenvalue weighted by molar-refractivity contribution is -0.120. The fourth-order valence-corrected chi connectivity index (χ4v) is 3.04. The Kier molecular flexibility index (Phi) is 7.39. The number of nitrogens with zero attached hydrogens (tertiary/aromatic N) is 1. The number of hydrogen-bond acceptors (Lipinski definition) is 8. The monoisotopic (exact) mass is 465 g/mol. The molecular formula is C23H19N3O8. The van der Waals surface area contributed by atoms with Crippen molar-refractivity contribution in [3.05, 3.63) is 82.7 Å². The number of pyridine rings is 1. The number of carbonyl (C=O) groups is 4. The number of aromatic nitrogens is 1. The van der Waals surface area contributed by atoms with Crippen molar-refractivity contribution in [2.45, 2.75) is 13.1 Å². The number of nitrogens with one attached hydrogen (secondary N) is 2. The van der Waals surface area contributed by atoms with Crippen molar-refractivity contribution in [1.29, 1.82) is 0 Å². The summed E-state index contributed by atoms with van der Waals surface area (Å²) in [5, 5.41) is 33.6. The number of carboxylic acid groups (broad SMARTS) is 3. The van der Waals surface area contributed by atoms with E-state index in [4.69, 9.17) is 4.74 Å². The molecule has 0 fully saturated rings. The summed E-state index contributed by atoms with van der Waals surface area (Å²) in [6.45, 7) is 0.630. The third kappa shape index (κ3) is 6.29. The van der Waals surface area contributed by atoms with Crippen molar-refractivity contribution in [2.75, 3.05) is 10.6 Å². The number of anilines is 2. The van der Waals surface area contributed by atoms with E-state index in [9.17, 15) is 34.5 Å². The second-order valence-electron chi connectivity index (χ2n) is 7.00. The van der Waals surface area contributed by atoms with Crippen LogP contribution in [0.15, 0.2) is 54.6 Å². The Morgan fingerprint density at radius 3 is 1.71 bits per heavy atom. The second-order valence-corrected chi connectivity index (χ2v) is 7.00. The fraction of sp³-hybridized carbons (Fsp3) is 0.0870. The van der Waals surface area contributed by atoms with E-state index in [1.807, 2.05) is 0 Å². The molecule has 0 spiro atoms.